The molecule has 3 aliphatic rings. The van der Waals surface area contributed by atoms with E-state index in [2.05, 4.69) is 10.2 Å². The maximum atomic E-state index is 12.3. The fourth-order valence-corrected chi connectivity index (χ4v) is 6.18. The Morgan fingerprint density at radius 3 is 2.84 bits per heavy atom. The average molecular weight is 365 g/mol. The molecule has 0 saturated carbocycles. The Kier molecular flexibility index (Phi) is 4.19. The van der Waals surface area contributed by atoms with Crippen LogP contribution in [0.5, 0.6) is 0 Å². The van der Waals surface area contributed by atoms with Gasteiger partial charge in [-0.15, -0.1) is 0 Å². The molecule has 3 atom stereocenters. The van der Waals surface area contributed by atoms with Crippen molar-refractivity contribution in [2.24, 2.45) is 5.92 Å². The van der Waals surface area contributed by atoms with E-state index in [1.807, 2.05) is 10.6 Å². The Hall–Kier alpha value is -1.67. The van der Waals surface area contributed by atoms with E-state index in [1.54, 1.807) is 12.1 Å². The number of rotatable bonds is 3. The lowest BCUT2D eigenvalue weighted by Gasteiger charge is -2.42. The molecule has 1 aromatic rings. The predicted octanol–water partition coefficient (Wildman–Crippen LogP) is -0.429. The first-order chi connectivity index (χ1) is 11.9. The first-order valence-corrected chi connectivity index (χ1v) is 10.6. The summed E-state index contributed by atoms with van der Waals surface area (Å²) in [5.74, 6) is 0.775. The van der Waals surface area contributed by atoms with Crippen LogP contribution in [-0.2, 0) is 21.2 Å². The lowest BCUT2D eigenvalue weighted by Crippen LogP contribution is -2.50. The van der Waals surface area contributed by atoms with Crippen LogP contribution in [0.2, 0.25) is 0 Å². The molecule has 8 heteroatoms. The Morgan fingerprint density at radius 1 is 1.24 bits per heavy atom. The van der Waals surface area contributed by atoms with Crippen LogP contribution in [0.25, 0.3) is 0 Å². The first-order valence-electron chi connectivity index (χ1n) is 8.81. The second-order valence-corrected chi connectivity index (χ2v) is 9.79. The van der Waals surface area contributed by atoms with Crippen LogP contribution in [0.1, 0.15) is 24.5 Å². The van der Waals surface area contributed by atoms with Crippen molar-refractivity contribution >= 4 is 15.7 Å². The maximum Gasteiger partial charge on any atom is 0.250 e. The van der Waals surface area contributed by atoms with Gasteiger partial charge in [-0.1, -0.05) is 6.07 Å². The Labute approximate surface area is 146 Å². The van der Waals surface area contributed by atoms with Gasteiger partial charge in [0, 0.05) is 43.4 Å². The maximum absolute atomic E-state index is 12.3. The van der Waals surface area contributed by atoms with Gasteiger partial charge in [-0.05, 0) is 24.8 Å². The van der Waals surface area contributed by atoms with Crippen molar-refractivity contribution in [3.05, 3.63) is 34.2 Å². The number of hydrogen-bond acceptors (Lipinski definition) is 5. The molecule has 0 spiro atoms. The number of nitrogens with one attached hydrogen (secondary N) is 1. The molecular formula is C17H23N3O4S. The Morgan fingerprint density at radius 2 is 2.08 bits per heavy atom. The van der Waals surface area contributed by atoms with Crippen LogP contribution in [0.4, 0.5) is 0 Å². The number of fused-ring (bicyclic) bond motifs is 4. The molecule has 4 heterocycles. The number of sulfone groups is 1. The molecule has 25 heavy (non-hydrogen) atoms. The summed E-state index contributed by atoms with van der Waals surface area (Å²) in [5, 5.41) is 2.86. The summed E-state index contributed by atoms with van der Waals surface area (Å²) < 4.78 is 24.9. The normalized spacial score (nSPS) is 30.6. The number of pyridine rings is 1. The molecule has 0 aliphatic carbocycles. The average Bonchev–Trinajstić information content (AvgIpc) is 2.87. The van der Waals surface area contributed by atoms with Crippen molar-refractivity contribution in [2.45, 2.75) is 31.3 Å². The van der Waals surface area contributed by atoms with E-state index >= 15 is 0 Å². The topological polar surface area (TPSA) is 88.5 Å². The molecule has 1 aromatic heterocycles. The van der Waals surface area contributed by atoms with E-state index in [1.165, 1.54) is 0 Å². The summed E-state index contributed by atoms with van der Waals surface area (Å²) in [5.41, 5.74) is 1.12. The van der Waals surface area contributed by atoms with Gasteiger partial charge >= 0.3 is 0 Å². The van der Waals surface area contributed by atoms with E-state index < -0.39 is 9.84 Å². The van der Waals surface area contributed by atoms with Crippen LogP contribution < -0.4 is 10.9 Å². The molecule has 0 aromatic carbocycles. The fraction of sp³-hybridized carbons (Fsp3) is 0.647. The minimum Gasteiger partial charge on any atom is -0.351 e. The molecule has 1 amide bonds. The predicted molar refractivity (Wildman–Crippen MR) is 93.2 cm³/mol. The van der Waals surface area contributed by atoms with Gasteiger partial charge < -0.3 is 9.88 Å². The first kappa shape index (κ1) is 16.8. The molecular weight excluding hydrogens is 342 g/mol. The molecule has 2 fully saturated rings. The monoisotopic (exact) mass is 365 g/mol. The third-order valence-corrected chi connectivity index (χ3v) is 7.29. The van der Waals surface area contributed by atoms with Crippen molar-refractivity contribution < 1.29 is 13.2 Å². The zero-order valence-corrected chi connectivity index (χ0v) is 14.9. The molecule has 0 radical (unpaired) electrons. The lowest BCUT2D eigenvalue weighted by atomic mass is 9.83. The third kappa shape index (κ3) is 3.50. The zero-order chi connectivity index (χ0) is 17.6. The fourth-order valence-electron chi connectivity index (χ4n) is 4.51. The van der Waals surface area contributed by atoms with E-state index in [4.69, 9.17) is 0 Å². The van der Waals surface area contributed by atoms with Gasteiger partial charge in [0.25, 0.3) is 5.56 Å². The number of amides is 1. The highest BCUT2D eigenvalue weighted by atomic mass is 32.2. The van der Waals surface area contributed by atoms with Crippen molar-refractivity contribution in [2.75, 3.05) is 31.1 Å². The molecule has 4 rings (SSSR count). The van der Waals surface area contributed by atoms with Crippen LogP contribution in [0.15, 0.2) is 23.0 Å². The second-order valence-electron chi connectivity index (χ2n) is 7.56. The van der Waals surface area contributed by atoms with Gasteiger partial charge in [0.1, 0.15) is 0 Å². The van der Waals surface area contributed by atoms with Crippen molar-refractivity contribution in [1.82, 2.24) is 14.8 Å². The summed E-state index contributed by atoms with van der Waals surface area (Å²) in [6.07, 6.45) is 1.57. The molecule has 2 bridgehead atoms. The minimum absolute atomic E-state index is 0.0558. The number of nitrogens with zero attached hydrogens (tertiary/aromatic N) is 2. The number of hydrogen-bond donors (Lipinski definition) is 1. The lowest BCUT2D eigenvalue weighted by molar-refractivity contribution is -0.123. The highest BCUT2D eigenvalue weighted by Crippen LogP contribution is 2.34. The van der Waals surface area contributed by atoms with Gasteiger partial charge in [0.05, 0.1) is 18.1 Å². The largest absolute Gasteiger partial charge is 0.351 e. The number of likely N-dealkylation sites (tertiary alicyclic amines) is 1. The molecule has 7 nitrogen and oxygen atoms in total. The van der Waals surface area contributed by atoms with Crippen molar-refractivity contribution in [3.63, 3.8) is 0 Å². The highest BCUT2D eigenvalue weighted by Gasteiger charge is 2.35. The Balaban J connectivity index is 1.39. The number of piperidine rings is 1. The highest BCUT2D eigenvalue weighted by molar-refractivity contribution is 7.91. The summed E-state index contributed by atoms with van der Waals surface area (Å²) >= 11 is 0. The van der Waals surface area contributed by atoms with Crippen molar-refractivity contribution in [3.8, 4) is 0 Å². The standard InChI is InChI=1S/C17H23N3O4S/c21-16(18-14-4-5-25(23,24)11-14)10-19-7-12-6-13(9-19)15-2-1-3-17(22)20(15)8-12/h1-3,12-14H,4-11H2,(H,18,21)/t12-,13-,14?/m0/s1. The SMILES string of the molecule is O=C(CN1C[C@@H]2C[C@@H](C1)c1cccc(=O)n1C2)NC1CCS(=O)(=O)C1. The molecule has 1 unspecified atom stereocenters. The van der Waals surface area contributed by atoms with Crippen LogP contribution in [0, 0.1) is 5.92 Å². The third-order valence-electron chi connectivity index (χ3n) is 5.52. The molecule has 136 valence electrons. The van der Waals surface area contributed by atoms with E-state index in [-0.39, 0.29) is 34.9 Å². The molecule has 3 aliphatic heterocycles. The number of carbonyl (C=O) groups excluding carboxylic acids is 1. The number of aromatic nitrogens is 1. The summed E-state index contributed by atoms with van der Waals surface area (Å²) in [4.78, 5) is 26.5. The molecule has 2 saturated heterocycles. The second kappa shape index (κ2) is 6.25. The smallest absolute Gasteiger partial charge is 0.250 e. The Bertz CT molecular complexity index is 848. The van der Waals surface area contributed by atoms with E-state index in [9.17, 15) is 18.0 Å². The van der Waals surface area contributed by atoms with E-state index in [0.29, 0.717) is 25.4 Å². The summed E-state index contributed by atoms with van der Waals surface area (Å²) in [7, 11) is -2.98. The summed E-state index contributed by atoms with van der Waals surface area (Å²) in [6, 6.07) is 5.17. The zero-order valence-electron chi connectivity index (χ0n) is 14.1. The van der Waals surface area contributed by atoms with Crippen LogP contribution >= 0.6 is 0 Å². The van der Waals surface area contributed by atoms with Crippen LogP contribution in [0.3, 0.4) is 0 Å². The minimum atomic E-state index is -2.98. The van der Waals surface area contributed by atoms with Gasteiger partial charge in [0.15, 0.2) is 9.84 Å². The van der Waals surface area contributed by atoms with E-state index in [0.717, 1.165) is 25.2 Å². The van der Waals surface area contributed by atoms with Gasteiger partial charge in [-0.25, -0.2) is 8.42 Å². The van der Waals surface area contributed by atoms with Crippen LogP contribution in [-0.4, -0.2) is 61.0 Å². The molecule has 1 N–H and O–H groups in total. The number of carbonyl (C=O) groups is 1. The van der Waals surface area contributed by atoms with Gasteiger partial charge in [-0.2, -0.15) is 0 Å². The van der Waals surface area contributed by atoms with Crippen molar-refractivity contribution in [1.29, 1.82) is 0 Å². The quantitative estimate of drug-likeness (QED) is 0.785. The van der Waals surface area contributed by atoms with Gasteiger partial charge in [0.2, 0.25) is 5.91 Å². The van der Waals surface area contributed by atoms with Gasteiger partial charge in [-0.3, -0.25) is 14.5 Å². The summed E-state index contributed by atoms with van der Waals surface area (Å²) in [6.45, 7) is 2.56.